The van der Waals surface area contributed by atoms with Gasteiger partial charge in [-0.15, -0.1) is 11.3 Å². The molecule has 1 aromatic heterocycles. The van der Waals surface area contributed by atoms with E-state index in [1.807, 2.05) is 11.8 Å². The molecule has 17 heavy (non-hydrogen) atoms. The highest BCUT2D eigenvalue weighted by atomic mass is 35.5. The molecule has 2 aliphatic rings. The van der Waals surface area contributed by atoms with Gasteiger partial charge in [-0.05, 0) is 50.0 Å². The van der Waals surface area contributed by atoms with E-state index in [9.17, 15) is 0 Å². The molecule has 0 amide bonds. The van der Waals surface area contributed by atoms with Crippen LogP contribution in [0.15, 0.2) is 6.07 Å². The van der Waals surface area contributed by atoms with Crippen molar-refractivity contribution >= 4 is 34.7 Å². The monoisotopic (exact) mass is 287 g/mol. The minimum Gasteiger partial charge on any atom is -0.307 e. The number of fused-ring (bicyclic) bond motifs is 1. The van der Waals surface area contributed by atoms with Gasteiger partial charge in [0.05, 0.1) is 4.34 Å². The molecule has 1 fully saturated rings. The molecule has 3 rings (SSSR count). The Balaban J connectivity index is 1.63. The van der Waals surface area contributed by atoms with Crippen molar-refractivity contribution in [1.82, 2.24) is 5.32 Å². The quantitative estimate of drug-likeness (QED) is 0.891. The maximum atomic E-state index is 6.09. The van der Waals surface area contributed by atoms with Crippen molar-refractivity contribution in [2.75, 3.05) is 6.26 Å². The fourth-order valence-electron chi connectivity index (χ4n) is 3.09. The number of thiophene rings is 1. The summed E-state index contributed by atoms with van der Waals surface area (Å²) in [6.45, 7) is 0. The molecule has 2 aliphatic carbocycles. The van der Waals surface area contributed by atoms with Gasteiger partial charge in [0.15, 0.2) is 0 Å². The summed E-state index contributed by atoms with van der Waals surface area (Å²) in [6.07, 6.45) is 8.77. The van der Waals surface area contributed by atoms with Gasteiger partial charge in [-0.3, -0.25) is 0 Å². The van der Waals surface area contributed by atoms with Gasteiger partial charge in [0.2, 0.25) is 0 Å². The molecule has 1 nitrogen and oxygen atoms in total. The number of hydrogen-bond donors (Lipinski definition) is 1. The van der Waals surface area contributed by atoms with Crippen LogP contribution in [0.5, 0.6) is 0 Å². The number of halogens is 1. The predicted molar refractivity (Wildman–Crippen MR) is 78.5 cm³/mol. The first kappa shape index (κ1) is 12.3. The third-order valence-corrected chi connectivity index (χ3v) is 6.44. The van der Waals surface area contributed by atoms with Crippen LogP contribution in [0.2, 0.25) is 4.34 Å². The lowest BCUT2D eigenvalue weighted by atomic mass is 10.1. The second-order valence-electron chi connectivity index (χ2n) is 5.05. The van der Waals surface area contributed by atoms with E-state index in [1.54, 1.807) is 11.3 Å². The van der Waals surface area contributed by atoms with E-state index in [2.05, 4.69) is 17.6 Å². The van der Waals surface area contributed by atoms with Gasteiger partial charge in [0.25, 0.3) is 0 Å². The highest BCUT2D eigenvalue weighted by molar-refractivity contribution is 7.99. The Morgan fingerprint density at radius 3 is 3.06 bits per heavy atom. The Bertz CT molecular complexity index is 404. The van der Waals surface area contributed by atoms with E-state index < -0.39 is 0 Å². The van der Waals surface area contributed by atoms with Gasteiger partial charge in [0.1, 0.15) is 0 Å². The average Bonchev–Trinajstić information content (AvgIpc) is 2.97. The molecule has 1 N–H and O–H groups in total. The highest BCUT2D eigenvalue weighted by Crippen LogP contribution is 2.40. The molecule has 1 heterocycles. The van der Waals surface area contributed by atoms with Gasteiger partial charge >= 0.3 is 0 Å². The van der Waals surface area contributed by atoms with E-state index in [1.165, 1.54) is 42.5 Å². The Kier molecular flexibility index (Phi) is 3.72. The van der Waals surface area contributed by atoms with Gasteiger partial charge in [-0.25, -0.2) is 0 Å². The first-order chi connectivity index (χ1) is 8.26. The number of rotatable bonds is 3. The van der Waals surface area contributed by atoms with Crippen LogP contribution in [0.1, 0.15) is 42.2 Å². The van der Waals surface area contributed by atoms with Gasteiger partial charge in [-0.2, -0.15) is 11.8 Å². The molecule has 0 aromatic carbocycles. The van der Waals surface area contributed by atoms with Crippen LogP contribution in [0.4, 0.5) is 0 Å². The summed E-state index contributed by atoms with van der Waals surface area (Å²) in [5, 5.41) is 4.72. The van der Waals surface area contributed by atoms with Crippen molar-refractivity contribution in [2.24, 2.45) is 0 Å². The summed E-state index contributed by atoms with van der Waals surface area (Å²) < 4.78 is 0.954. The predicted octanol–water partition coefficient (Wildman–Crippen LogP) is 4.26. The van der Waals surface area contributed by atoms with Crippen molar-refractivity contribution in [3.8, 4) is 0 Å². The molecular formula is C13H18ClNS2. The van der Waals surface area contributed by atoms with Crippen LogP contribution in [-0.4, -0.2) is 17.5 Å². The third kappa shape index (κ3) is 2.53. The molecule has 0 bridgehead atoms. The smallest absolute Gasteiger partial charge is 0.0934 e. The van der Waals surface area contributed by atoms with Crippen molar-refractivity contribution in [3.63, 3.8) is 0 Å². The van der Waals surface area contributed by atoms with Crippen molar-refractivity contribution in [3.05, 3.63) is 20.8 Å². The zero-order chi connectivity index (χ0) is 11.8. The number of hydrogen-bond acceptors (Lipinski definition) is 3. The lowest BCUT2D eigenvalue weighted by Crippen LogP contribution is -2.29. The molecule has 3 unspecified atom stereocenters. The highest BCUT2D eigenvalue weighted by Gasteiger charge is 2.30. The summed E-state index contributed by atoms with van der Waals surface area (Å²) >= 11 is 9.88. The molecule has 0 spiro atoms. The largest absolute Gasteiger partial charge is 0.307 e. The minimum atomic E-state index is 0.569. The Morgan fingerprint density at radius 2 is 2.29 bits per heavy atom. The number of nitrogens with one attached hydrogen (secondary N) is 1. The summed E-state index contributed by atoms with van der Waals surface area (Å²) in [5.41, 5.74) is 1.48. The van der Waals surface area contributed by atoms with Crippen molar-refractivity contribution < 1.29 is 0 Å². The molecule has 94 valence electrons. The van der Waals surface area contributed by atoms with Gasteiger partial charge in [-0.1, -0.05) is 11.6 Å². The van der Waals surface area contributed by atoms with Crippen LogP contribution in [0, 0.1) is 0 Å². The maximum absolute atomic E-state index is 6.09. The zero-order valence-corrected chi connectivity index (χ0v) is 12.4. The van der Waals surface area contributed by atoms with E-state index in [0.29, 0.717) is 6.04 Å². The lowest BCUT2D eigenvalue weighted by Gasteiger charge is -2.19. The minimum absolute atomic E-state index is 0.569. The standard InChI is InChI=1S/C13H18ClNS2/c1-16-9-3-2-8(6-9)15-11-4-5-12-10(11)7-13(14)17-12/h7-9,11,15H,2-6H2,1H3. The number of aryl methyl sites for hydroxylation is 1. The van der Waals surface area contributed by atoms with E-state index in [-0.39, 0.29) is 0 Å². The summed E-state index contributed by atoms with van der Waals surface area (Å²) in [6, 6.07) is 3.47. The van der Waals surface area contributed by atoms with E-state index in [4.69, 9.17) is 11.6 Å². The summed E-state index contributed by atoms with van der Waals surface area (Å²) in [7, 11) is 0. The van der Waals surface area contributed by atoms with Gasteiger partial charge in [0, 0.05) is 22.2 Å². The van der Waals surface area contributed by atoms with Crippen LogP contribution in [-0.2, 0) is 6.42 Å². The first-order valence-electron chi connectivity index (χ1n) is 6.33. The third-order valence-electron chi connectivity index (χ3n) is 4.00. The summed E-state index contributed by atoms with van der Waals surface area (Å²) in [5.74, 6) is 0. The van der Waals surface area contributed by atoms with E-state index >= 15 is 0 Å². The molecular weight excluding hydrogens is 270 g/mol. The maximum Gasteiger partial charge on any atom is 0.0934 e. The topological polar surface area (TPSA) is 12.0 Å². The Hall–Kier alpha value is 0.300. The Labute approximate surface area is 116 Å². The molecule has 0 aliphatic heterocycles. The molecule has 1 aromatic rings. The first-order valence-corrected chi connectivity index (χ1v) is 8.81. The van der Waals surface area contributed by atoms with Crippen molar-refractivity contribution in [2.45, 2.75) is 49.4 Å². The Morgan fingerprint density at radius 1 is 1.41 bits per heavy atom. The molecule has 4 heteroatoms. The number of thioether (sulfide) groups is 1. The van der Waals surface area contributed by atoms with Gasteiger partial charge < -0.3 is 5.32 Å². The van der Waals surface area contributed by atoms with Crippen LogP contribution in [0.25, 0.3) is 0 Å². The fourth-order valence-corrected chi connectivity index (χ4v) is 5.25. The van der Waals surface area contributed by atoms with Crippen LogP contribution >= 0.6 is 34.7 Å². The van der Waals surface area contributed by atoms with Crippen molar-refractivity contribution in [1.29, 1.82) is 0 Å². The molecule has 0 radical (unpaired) electrons. The second kappa shape index (κ2) is 5.12. The van der Waals surface area contributed by atoms with E-state index in [0.717, 1.165) is 15.6 Å². The second-order valence-corrected chi connectivity index (χ2v) is 7.96. The summed E-state index contributed by atoms with van der Waals surface area (Å²) in [4.78, 5) is 1.51. The SMILES string of the molecule is CSC1CCC(NC2CCc3sc(Cl)cc32)C1. The zero-order valence-electron chi connectivity index (χ0n) is 10.0. The normalized spacial score (nSPS) is 32.0. The molecule has 3 atom stereocenters. The molecule has 0 saturated heterocycles. The molecule has 1 saturated carbocycles. The van der Waals surface area contributed by atoms with Crippen LogP contribution in [0.3, 0.4) is 0 Å². The average molecular weight is 288 g/mol. The lowest BCUT2D eigenvalue weighted by molar-refractivity contribution is 0.438. The fraction of sp³-hybridized carbons (Fsp3) is 0.692. The van der Waals surface area contributed by atoms with Crippen LogP contribution < -0.4 is 5.32 Å².